The number of hydrogen-bond acceptors (Lipinski definition) is 3. The second kappa shape index (κ2) is 25.1. The highest BCUT2D eigenvalue weighted by atomic mass is 15.1. The summed E-state index contributed by atoms with van der Waals surface area (Å²) in [5, 5.41) is 5.28. The molecular weight excluding hydrogens is 919 g/mol. The van der Waals surface area contributed by atoms with Crippen LogP contribution in [0.15, 0.2) is 159 Å². The third-order valence-electron chi connectivity index (χ3n) is 14.1. The van der Waals surface area contributed by atoms with Crippen LogP contribution in [0.25, 0.3) is 65.7 Å². The predicted molar refractivity (Wildman–Crippen MR) is 322 cm³/mol. The average Bonchev–Trinajstić information content (AvgIpc) is 4.24. The Morgan fingerprint density at radius 1 is 0.427 bits per heavy atom. The molecule has 390 valence electrons. The fourth-order valence-electron chi connectivity index (χ4n) is 9.64. The van der Waals surface area contributed by atoms with Gasteiger partial charge in [-0.2, -0.15) is 0 Å². The zero-order chi connectivity index (χ0) is 53.9. The Labute approximate surface area is 446 Å². The van der Waals surface area contributed by atoms with E-state index in [9.17, 15) is 0 Å². The number of H-pyrrole nitrogens is 1. The summed E-state index contributed by atoms with van der Waals surface area (Å²) < 4.78 is 10.6. The Morgan fingerprint density at radius 3 is 1.60 bits per heavy atom. The lowest BCUT2D eigenvalue weighted by molar-refractivity contribution is 0.221. The molecule has 1 fully saturated rings. The van der Waals surface area contributed by atoms with Gasteiger partial charge < -0.3 is 32.7 Å². The molecular formula is C66H81N9. The molecule has 12 aromatic rings. The van der Waals surface area contributed by atoms with Crippen molar-refractivity contribution in [2.45, 2.75) is 75.2 Å². The number of aromatic nitrogens is 8. The molecule has 1 N–H and O–H groups in total. The Bertz CT molecular complexity index is 3590. The Balaban J connectivity index is 0.000000128. The first-order chi connectivity index (χ1) is 35.8. The molecule has 1 aliphatic heterocycles. The smallest absolute Gasteiger partial charge is 0.0955 e. The molecule has 7 heterocycles. The zero-order valence-electron chi connectivity index (χ0n) is 47.5. The van der Waals surface area contributed by atoms with E-state index in [1.54, 1.807) is 0 Å². The summed E-state index contributed by atoms with van der Waals surface area (Å²) in [5.74, 6) is 0.939. The normalized spacial score (nSPS) is 13.1. The molecule has 6 aromatic heterocycles. The van der Waals surface area contributed by atoms with Crippen molar-refractivity contribution in [3.63, 3.8) is 0 Å². The van der Waals surface area contributed by atoms with E-state index in [1.807, 2.05) is 42.0 Å². The van der Waals surface area contributed by atoms with Crippen LogP contribution in [0.3, 0.4) is 0 Å². The minimum absolute atomic E-state index is 0.939. The van der Waals surface area contributed by atoms with Gasteiger partial charge in [0.1, 0.15) is 0 Å². The highest BCUT2D eigenvalue weighted by Crippen LogP contribution is 2.21. The number of hydrogen-bond donors (Lipinski definition) is 1. The predicted octanol–water partition coefficient (Wildman–Crippen LogP) is 15.7. The quantitative estimate of drug-likeness (QED) is 0.165. The van der Waals surface area contributed by atoms with E-state index in [4.69, 9.17) is 0 Å². The molecule has 0 amide bonds. The minimum Gasteiger partial charge on any atom is -0.359 e. The third-order valence-corrected chi connectivity index (χ3v) is 14.1. The standard InChI is InChI=1S/C11H13N.3C10H11N.2C9H10N2.C7H15N/c1-8-4-5-10-7-9(2)12(3)11(10)6-8;1-7-3-4-9-6-8(2)11-10(9)5-7;1-8-3-4-10-9(7-8)5-6-11(10)2;1-8-3-4-9-5-6-11(2)10(9)7-8;1-7-3-4-9-8(5-7)10-6-11(9)2;1-7-3-4-8-9(5-7)11(2)6-10-8;1-7-4-3-5-8(2)6-7/h4-7H,1-3H3;3-6,11H,1-2H3;2*3-7H,1-2H3;2*3-6H,1-2H3;7H,3-6H2,1-2H3. The van der Waals surface area contributed by atoms with Crippen molar-refractivity contribution in [2.75, 3.05) is 20.1 Å². The Kier molecular flexibility index (Phi) is 18.4. The fraction of sp³-hybridized carbons (Fsp3) is 0.303. The van der Waals surface area contributed by atoms with Crippen molar-refractivity contribution < 1.29 is 0 Å². The zero-order valence-corrected chi connectivity index (χ0v) is 47.5. The summed E-state index contributed by atoms with van der Waals surface area (Å²) in [6.07, 6.45) is 10.7. The van der Waals surface area contributed by atoms with Crippen LogP contribution >= 0.6 is 0 Å². The number of aromatic amines is 1. The van der Waals surface area contributed by atoms with Gasteiger partial charge >= 0.3 is 0 Å². The van der Waals surface area contributed by atoms with E-state index in [1.165, 1.54) is 125 Å². The summed E-state index contributed by atoms with van der Waals surface area (Å²) in [5.41, 5.74) is 20.1. The number of nitrogens with zero attached hydrogens (tertiary/aromatic N) is 8. The molecule has 1 saturated heterocycles. The first-order valence-electron chi connectivity index (χ1n) is 26.4. The van der Waals surface area contributed by atoms with E-state index in [2.05, 4.69) is 264 Å². The Hall–Kier alpha value is -7.62. The third kappa shape index (κ3) is 14.8. The average molecular weight is 1000 g/mol. The maximum absolute atomic E-state index is 4.24. The number of benzene rings is 6. The van der Waals surface area contributed by atoms with Crippen molar-refractivity contribution in [3.8, 4) is 0 Å². The lowest BCUT2D eigenvalue weighted by Gasteiger charge is -2.26. The highest BCUT2D eigenvalue weighted by Gasteiger charge is 2.11. The van der Waals surface area contributed by atoms with Gasteiger partial charge in [-0.05, 0) is 216 Å². The molecule has 0 spiro atoms. The molecule has 0 radical (unpaired) electrons. The van der Waals surface area contributed by atoms with Gasteiger partial charge in [-0.3, -0.25) is 0 Å². The number of piperidine rings is 1. The van der Waals surface area contributed by atoms with E-state index in [0.29, 0.717) is 0 Å². The molecule has 1 unspecified atom stereocenters. The molecule has 0 saturated carbocycles. The molecule has 6 aromatic carbocycles. The van der Waals surface area contributed by atoms with Gasteiger partial charge in [0, 0.05) is 87.6 Å². The number of fused-ring (bicyclic) bond motifs is 6. The van der Waals surface area contributed by atoms with Gasteiger partial charge in [-0.15, -0.1) is 0 Å². The second-order valence-electron chi connectivity index (χ2n) is 21.1. The summed E-state index contributed by atoms with van der Waals surface area (Å²) in [6.45, 7) is 21.8. The first kappa shape index (κ1) is 55.1. The van der Waals surface area contributed by atoms with E-state index in [-0.39, 0.29) is 0 Å². The second-order valence-corrected chi connectivity index (χ2v) is 21.1. The van der Waals surface area contributed by atoms with E-state index in [0.717, 1.165) is 17.0 Å². The van der Waals surface area contributed by atoms with Crippen LogP contribution in [0.5, 0.6) is 0 Å². The number of rotatable bonds is 0. The van der Waals surface area contributed by atoms with Crippen molar-refractivity contribution in [1.82, 2.24) is 42.7 Å². The van der Waals surface area contributed by atoms with Gasteiger partial charge in [-0.25, -0.2) is 9.97 Å². The number of aryl methyl sites for hydroxylation is 13. The van der Waals surface area contributed by atoms with Gasteiger partial charge in [0.2, 0.25) is 0 Å². The molecule has 1 atom stereocenters. The summed E-state index contributed by atoms with van der Waals surface area (Å²) >= 11 is 0. The molecule has 9 nitrogen and oxygen atoms in total. The monoisotopic (exact) mass is 1000 g/mol. The number of likely N-dealkylation sites (tertiary alicyclic amines) is 1. The lowest BCUT2D eigenvalue weighted by atomic mass is 10.0. The molecule has 0 bridgehead atoms. The van der Waals surface area contributed by atoms with Crippen molar-refractivity contribution >= 4 is 65.7 Å². The van der Waals surface area contributed by atoms with Crippen molar-refractivity contribution in [2.24, 2.45) is 41.2 Å². The molecule has 75 heavy (non-hydrogen) atoms. The summed E-state index contributed by atoms with van der Waals surface area (Å²) in [6, 6.07) is 47.2. The van der Waals surface area contributed by atoms with Crippen LogP contribution in [0.1, 0.15) is 64.5 Å². The van der Waals surface area contributed by atoms with Crippen LogP contribution in [-0.4, -0.2) is 62.8 Å². The first-order valence-corrected chi connectivity index (χ1v) is 26.4. The van der Waals surface area contributed by atoms with Crippen LogP contribution in [0, 0.1) is 61.3 Å². The molecule has 1 aliphatic rings. The summed E-state index contributed by atoms with van der Waals surface area (Å²) in [4.78, 5) is 14.2. The van der Waals surface area contributed by atoms with Crippen LogP contribution < -0.4 is 0 Å². The SMILES string of the molecule is CC1CCCN(C)C1.Cc1ccc2c(c1)ncn2C.Cc1ccc2c(ccn2C)c1.Cc1ccc2cc(C)[nH]c2c1.Cc1ccc2cc(C)n(C)c2c1.Cc1ccc2ccn(C)c2c1.Cc1ccc2ncn(C)c2c1. The van der Waals surface area contributed by atoms with Gasteiger partial charge in [0.15, 0.2) is 0 Å². The molecule has 9 heteroatoms. The van der Waals surface area contributed by atoms with Crippen LogP contribution in [0.4, 0.5) is 0 Å². The van der Waals surface area contributed by atoms with Crippen molar-refractivity contribution in [3.05, 3.63) is 203 Å². The van der Waals surface area contributed by atoms with Gasteiger partial charge in [0.05, 0.1) is 34.7 Å². The maximum Gasteiger partial charge on any atom is 0.0955 e. The molecule has 0 aliphatic carbocycles. The number of imidazole rings is 2. The number of nitrogens with one attached hydrogen (secondary N) is 1. The molecule has 13 rings (SSSR count). The van der Waals surface area contributed by atoms with E-state index < -0.39 is 0 Å². The topological polar surface area (TPSA) is 69.5 Å². The van der Waals surface area contributed by atoms with Crippen LogP contribution in [-0.2, 0) is 35.2 Å². The lowest BCUT2D eigenvalue weighted by Crippen LogP contribution is -2.30. The maximum atomic E-state index is 4.24. The van der Waals surface area contributed by atoms with Crippen LogP contribution in [0.2, 0.25) is 0 Å². The fourth-order valence-corrected chi connectivity index (χ4v) is 9.64. The van der Waals surface area contributed by atoms with Gasteiger partial charge in [-0.1, -0.05) is 67.1 Å². The Morgan fingerprint density at radius 2 is 0.933 bits per heavy atom. The highest BCUT2D eigenvalue weighted by molar-refractivity contribution is 5.83. The largest absolute Gasteiger partial charge is 0.359 e. The van der Waals surface area contributed by atoms with Gasteiger partial charge in [0.25, 0.3) is 0 Å². The van der Waals surface area contributed by atoms with Crippen molar-refractivity contribution in [1.29, 1.82) is 0 Å². The van der Waals surface area contributed by atoms with E-state index >= 15 is 0 Å². The minimum atomic E-state index is 0.939. The summed E-state index contributed by atoms with van der Waals surface area (Å²) in [7, 11) is 12.5.